The molecule has 3 aliphatic heterocycles. The van der Waals surface area contributed by atoms with Gasteiger partial charge in [0.05, 0.1) is 31.2 Å². The predicted molar refractivity (Wildman–Crippen MR) is 106 cm³/mol. The molecule has 2 bridgehead atoms. The molecule has 3 unspecified atom stereocenters. The molecule has 6 atom stereocenters. The molecule has 0 aromatic carbocycles. The van der Waals surface area contributed by atoms with Crippen molar-refractivity contribution in [2.24, 2.45) is 11.8 Å². The molecule has 4 rings (SSSR count). The van der Waals surface area contributed by atoms with Crippen molar-refractivity contribution in [3.05, 3.63) is 0 Å². The highest BCUT2D eigenvalue weighted by Gasteiger charge is 2.76. The number of amides is 2. The van der Waals surface area contributed by atoms with E-state index in [0.29, 0.717) is 6.42 Å². The SMILES string of the molecule is CCOC(=O)[C@H]1[C@@H]2OC3(CC2Br)C(C(=O)NC2CCCCC2)N(CCO)C(=O)[C@H]13. The Hall–Kier alpha value is -1.19. The number of esters is 1. The molecule has 4 fully saturated rings. The second kappa shape index (κ2) is 8.15. The van der Waals surface area contributed by atoms with Gasteiger partial charge in [-0.05, 0) is 26.2 Å². The molecule has 29 heavy (non-hydrogen) atoms. The lowest BCUT2D eigenvalue weighted by atomic mass is 9.70. The van der Waals surface area contributed by atoms with Gasteiger partial charge < -0.3 is 24.8 Å². The summed E-state index contributed by atoms with van der Waals surface area (Å²) in [5.74, 6) is -2.50. The Labute approximate surface area is 178 Å². The molecular weight excluding hydrogens is 444 g/mol. The van der Waals surface area contributed by atoms with Crippen molar-refractivity contribution in [3.8, 4) is 0 Å². The van der Waals surface area contributed by atoms with E-state index in [1.165, 1.54) is 11.3 Å². The molecule has 4 aliphatic rings. The summed E-state index contributed by atoms with van der Waals surface area (Å²) in [4.78, 5) is 40.7. The van der Waals surface area contributed by atoms with Crippen LogP contribution in [0, 0.1) is 11.8 Å². The highest BCUT2D eigenvalue weighted by atomic mass is 79.9. The quantitative estimate of drug-likeness (QED) is 0.436. The van der Waals surface area contributed by atoms with Gasteiger partial charge >= 0.3 is 5.97 Å². The highest BCUT2D eigenvalue weighted by Crippen LogP contribution is 2.60. The lowest BCUT2D eigenvalue weighted by Gasteiger charge is -2.35. The molecule has 9 heteroatoms. The van der Waals surface area contributed by atoms with Crippen molar-refractivity contribution in [2.75, 3.05) is 19.8 Å². The number of carbonyl (C=O) groups is 3. The number of aliphatic hydroxyl groups excluding tert-OH is 1. The van der Waals surface area contributed by atoms with Gasteiger partial charge in [-0.15, -0.1) is 0 Å². The molecule has 1 saturated carbocycles. The first-order valence-electron chi connectivity index (χ1n) is 10.6. The van der Waals surface area contributed by atoms with E-state index in [0.717, 1.165) is 25.7 Å². The van der Waals surface area contributed by atoms with Crippen LogP contribution in [0.2, 0.25) is 0 Å². The van der Waals surface area contributed by atoms with Crippen molar-refractivity contribution in [2.45, 2.75) is 74.1 Å². The van der Waals surface area contributed by atoms with Crippen LogP contribution in [0.15, 0.2) is 0 Å². The molecule has 1 spiro atoms. The number of nitrogens with one attached hydrogen (secondary N) is 1. The first kappa shape index (κ1) is 21.1. The number of fused-ring (bicyclic) bond motifs is 1. The van der Waals surface area contributed by atoms with Crippen LogP contribution in [0.3, 0.4) is 0 Å². The number of likely N-dealkylation sites (tertiary alicyclic amines) is 1. The number of ether oxygens (including phenoxy) is 2. The zero-order valence-corrected chi connectivity index (χ0v) is 18.2. The summed E-state index contributed by atoms with van der Waals surface area (Å²) in [7, 11) is 0. The molecule has 3 saturated heterocycles. The van der Waals surface area contributed by atoms with Crippen LogP contribution in [-0.4, -0.2) is 76.2 Å². The van der Waals surface area contributed by atoms with E-state index in [9.17, 15) is 19.5 Å². The molecule has 2 N–H and O–H groups in total. The van der Waals surface area contributed by atoms with Crippen LogP contribution in [0.4, 0.5) is 0 Å². The van der Waals surface area contributed by atoms with Crippen LogP contribution >= 0.6 is 15.9 Å². The minimum Gasteiger partial charge on any atom is -0.466 e. The van der Waals surface area contributed by atoms with E-state index < -0.39 is 35.6 Å². The standard InChI is InChI=1S/C20H29BrN2O6/c1-2-28-19(27)13-14-18(26)23(8-9-24)16(20(14)10-12(21)15(13)29-20)17(25)22-11-6-4-3-5-7-11/h11-16,24H,2-10H2,1H3,(H,22,25)/t12?,13-,14+,15-,16?,20?/m1/s1. The molecule has 2 amide bonds. The van der Waals surface area contributed by atoms with Gasteiger partial charge in [0, 0.05) is 17.4 Å². The number of aliphatic hydroxyl groups is 1. The number of carbonyl (C=O) groups excluding carboxylic acids is 3. The van der Waals surface area contributed by atoms with E-state index >= 15 is 0 Å². The average Bonchev–Trinajstić information content (AvgIpc) is 3.27. The van der Waals surface area contributed by atoms with E-state index in [1.54, 1.807) is 6.92 Å². The van der Waals surface area contributed by atoms with Crippen molar-refractivity contribution in [3.63, 3.8) is 0 Å². The second-order valence-electron chi connectivity index (χ2n) is 8.51. The first-order valence-corrected chi connectivity index (χ1v) is 11.6. The van der Waals surface area contributed by atoms with Gasteiger partial charge in [0.15, 0.2) is 0 Å². The highest BCUT2D eigenvalue weighted by molar-refractivity contribution is 9.09. The number of hydrogen-bond acceptors (Lipinski definition) is 6. The Morgan fingerprint density at radius 3 is 2.72 bits per heavy atom. The third kappa shape index (κ3) is 3.29. The topological polar surface area (TPSA) is 105 Å². The van der Waals surface area contributed by atoms with Crippen LogP contribution in [0.25, 0.3) is 0 Å². The van der Waals surface area contributed by atoms with Gasteiger partial charge in [0.2, 0.25) is 11.8 Å². The number of halogens is 1. The Bertz CT molecular complexity index is 684. The van der Waals surface area contributed by atoms with E-state index in [4.69, 9.17) is 9.47 Å². The van der Waals surface area contributed by atoms with Crippen LogP contribution in [0.1, 0.15) is 45.4 Å². The first-order chi connectivity index (χ1) is 13.9. The maximum Gasteiger partial charge on any atom is 0.312 e. The van der Waals surface area contributed by atoms with E-state index in [2.05, 4.69) is 21.2 Å². The Kier molecular flexibility index (Phi) is 5.92. The van der Waals surface area contributed by atoms with Crippen molar-refractivity contribution in [1.29, 1.82) is 0 Å². The lowest BCUT2D eigenvalue weighted by molar-refractivity contribution is -0.154. The summed E-state index contributed by atoms with van der Waals surface area (Å²) >= 11 is 3.60. The second-order valence-corrected chi connectivity index (χ2v) is 9.69. The molecule has 8 nitrogen and oxygen atoms in total. The summed E-state index contributed by atoms with van der Waals surface area (Å²) in [6, 6.07) is -0.754. The number of alkyl halides is 1. The van der Waals surface area contributed by atoms with Gasteiger partial charge in [0.25, 0.3) is 0 Å². The van der Waals surface area contributed by atoms with Crippen LogP contribution in [0.5, 0.6) is 0 Å². The Morgan fingerprint density at radius 2 is 2.07 bits per heavy atom. The molecule has 162 valence electrons. The molecule has 0 aromatic heterocycles. The van der Waals surface area contributed by atoms with Crippen molar-refractivity contribution in [1.82, 2.24) is 10.2 Å². The summed E-state index contributed by atoms with van der Waals surface area (Å²) in [5.41, 5.74) is -1.07. The lowest BCUT2D eigenvalue weighted by Crippen LogP contribution is -2.57. The van der Waals surface area contributed by atoms with Gasteiger partial charge in [-0.25, -0.2) is 0 Å². The smallest absolute Gasteiger partial charge is 0.312 e. The largest absolute Gasteiger partial charge is 0.466 e. The van der Waals surface area contributed by atoms with Crippen LogP contribution < -0.4 is 5.32 Å². The summed E-state index contributed by atoms with van der Waals surface area (Å²) in [6.07, 6.45) is 5.16. The predicted octanol–water partition coefficient (Wildman–Crippen LogP) is 0.739. The summed E-state index contributed by atoms with van der Waals surface area (Å²) in [6.45, 7) is 1.72. The molecule has 0 aromatic rings. The fraction of sp³-hybridized carbons (Fsp3) is 0.850. The Morgan fingerprint density at radius 1 is 1.34 bits per heavy atom. The minimum absolute atomic E-state index is 0.0381. The van der Waals surface area contributed by atoms with E-state index in [-0.39, 0.29) is 42.4 Å². The zero-order valence-electron chi connectivity index (χ0n) is 16.6. The summed E-state index contributed by atoms with van der Waals surface area (Å²) in [5, 5.41) is 12.7. The minimum atomic E-state index is -1.07. The zero-order chi connectivity index (χ0) is 20.8. The molecule has 0 radical (unpaired) electrons. The van der Waals surface area contributed by atoms with Crippen molar-refractivity contribution < 1.29 is 29.0 Å². The third-order valence-electron chi connectivity index (χ3n) is 6.89. The van der Waals surface area contributed by atoms with Gasteiger partial charge in [-0.3, -0.25) is 14.4 Å². The third-order valence-corrected chi connectivity index (χ3v) is 7.73. The van der Waals surface area contributed by atoms with Gasteiger partial charge in [0.1, 0.15) is 11.6 Å². The number of hydrogen-bond donors (Lipinski definition) is 2. The van der Waals surface area contributed by atoms with Crippen LogP contribution in [-0.2, 0) is 23.9 Å². The Balaban J connectivity index is 1.65. The van der Waals surface area contributed by atoms with E-state index in [1.807, 2.05) is 0 Å². The average molecular weight is 473 g/mol. The fourth-order valence-corrected chi connectivity index (χ4v) is 6.76. The molecule has 1 aliphatic carbocycles. The van der Waals surface area contributed by atoms with Gasteiger partial charge in [-0.2, -0.15) is 0 Å². The number of nitrogens with zero attached hydrogens (tertiary/aromatic N) is 1. The normalized spacial score (nSPS) is 38.9. The molecular formula is C20H29BrN2O6. The monoisotopic (exact) mass is 472 g/mol. The number of rotatable bonds is 6. The summed E-state index contributed by atoms with van der Waals surface area (Å²) < 4.78 is 11.5. The maximum absolute atomic E-state index is 13.4. The van der Waals surface area contributed by atoms with Crippen molar-refractivity contribution >= 4 is 33.7 Å². The molecule has 3 heterocycles. The fourth-order valence-electron chi connectivity index (χ4n) is 5.81. The number of β-amino-alcohol motifs (C(OH)–C–C–N with tert-alkyl or cyclic N) is 1. The maximum atomic E-state index is 13.4. The van der Waals surface area contributed by atoms with Gasteiger partial charge in [-0.1, -0.05) is 35.2 Å².